The predicted octanol–water partition coefficient (Wildman–Crippen LogP) is 2.33. The number of amides is 1. The summed E-state index contributed by atoms with van der Waals surface area (Å²) >= 11 is 0. The molecule has 1 fully saturated rings. The Hall–Kier alpha value is -1.68. The first-order chi connectivity index (χ1) is 9.94. The molecule has 1 aromatic rings. The van der Waals surface area contributed by atoms with Gasteiger partial charge in [-0.1, -0.05) is 32.9 Å². The van der Waals surface area contributed by atoms with E-state index in [0.717, 1.165) is 32.7 Å². The molecule has 0 unspecified atom stereocenters. The van der Waals surface area contributed by atoms with Crippen molar-refractivity contribution in [2.75, 3.05) is 26.2 Å². The second-order valence-corrected chi connectivity index (χ2v) is 6.66. The van der Waals surface area contributed by atoms with Gasteiger partial charge in [-0.25, -0.2) is 0 Å². The lowest BCUT2D eigenvalue weighted by Crippen LogP contribution is -2.47. The third-order valence-electron chi connectivity index (χ3n) is 3.54. The largest absolute Gasteiger partial charge is 0.337 e. The first-order valence-corrected chi connectivity index (χ1v) is 7.53. The minimum Gasteiger partial charge on any atom is -0.337 e. The van der Waals surface area contributed by atoms with Gasteiger partial charge in [-0.15, -0.1) is 0 Å². The van der Waals surface area contributed by atoms with Crippen LogP contribution in [-0.4, -0.2) is 46.9 Å². The molecule has 1 aliphatic rings. The summed E-state index contributed by atoms with van der Waals surface area (Å²) in [6.07, 6.45) is 7.40. The third-order valence-corrected chi connectivity index (χ3v) is 3.54. The number of carbonyl (C=O) groups excluding carboxylic acids is 1. The number of nitrogens with zero attached hydrogens (tertiary/aromatic N) is 3. The minimum absolute atomic E-state index is 0.0534. The zero-order valence-electron chi connectivity index (χ0n) is 13.2. The maximum atomic E-state index is 12.1. The molecule has 1 saturated heterocycles. The molecule has 1 amide bonds. The molecule has 0 spiro atoms. The molecule has 1 aromatic heterocycles. The van der Waals surface area contributed by atoms with E-state index in [1.165, 1.54) is 5.56 Å². The Morgan fingerprint density at radius 1 is 1.29 bits per heavy atom. The summed E-state index contributed by atoms with van der Waals surface area (Å²) in [4.78, 5) is 20.6. The van der Waals surface area contributed by atoms with Gasteiger partial charge in [0.05, 0.1) is 0 Å². The predicted molar refractivity (Wildman–Crippen MR) is 84.7 cm³/mol. The van der Waals surface area contributed by atoms with Gasteiger partial charge in [0.1, 0.15) is 0 Å². The van der Waals surface area contributed by atoms with Crippen LogP contribution in [0.4, 0.5) is 0 Å². The molecule has 0 bridgehead atoms. The molecule has 0 atom stereocenters. The summed E-state index contributed by atoms with van der Waals surface area (Å²) < 4.78 is 0. The fourth-order valence-electron chi connectivity index (χ4n) is 2.30. The van der Waals surface area contributed by atoms with Crippen LogP contribution in [0.2, 0.25) is 0 Å². The molecule has 0 aromatic carbocycles. The van der Waals surface area contributed by atoms with Crippen molar-refractivity contribution in [3.8, 4) is 0 Å². The smallest absolute Gasteiger partial charge is 0.246 e. The Balaban J connectivity index is 1.80. The van der Waals surface area contributed by atoms with Crippen LogP contribution in [0.15, 0.2) is 36.7 Å². The van der Waals surface area contributed by atoms with Crippen LogP contribution < -0.4 is 0 Å². The summed E-state index contributed by atoms with van der Waals surface area (Å²) in [6.45, 7) is 10.6. The molecular weight excluding hydrogens is 262 g/mol. The average Bonchev–Trinajstić information content (AvgIpc) is 2.46. The summed E-state index contributed by atoms with van der Waals surface area (Å²) in [5.41, 5.74) is 1.28. The van der Waals surface area contributed by atoms with Crippen molar-refractivity contribution in [2.45, 2.75) is 27.3 Å². The van der Waals surface area contributed by atoms with E-state index in [1.54, 1.807) is 12.3 Å². The van der Waals surface area contributed by atoms with Gasteiger partial charge in [-0.3, -0.25) is 14.7 Å². The second-order valence-electron chi connectivity index (χ2n) is 6.66. The van der Waals surface area contributed by atoms with Crippen molar-refractivity contribution >= 4 is 5.91 Å². The van der Waals surface area contributed by atoms with Crippen molar-refractivity contribution in [3.05, 3.63) is 42.2 Å². The monoisotopic (exact) mass is 287 g/mol. The van der Waals surface area contributed by atoms with Crippen molar-refractivity contribution < 1.29 is 4.79 Å². The topological polar surface area (TPSA) is 36.4 Å². The second kappa shape index (κ2) is 6.85. The molecule has 0 saturated carbocycles. The quantitative estimate of drug-likeness (QED) is 0.801. The Morgan fingerprint density at radius 2 is 2.00 bits per heavy atom. The van der Waals surface area contributed by atoms with Crippen LogP contribution in [0, 0.1) is 5.41 Å². The highest BCUT2D eigenvalue weighted by atomic mass is 16.2. The van der Waals surface area contributed by atoms with Crippen molar-refractivity contribution in [2.24, 2.45) is 5.41 Å². The molecule has 2 rings (SSSR count). The highest BCUT2D eigenvalue weighted by Gasteiger charge is 2.20. The Labute approximate surface area is 127 Å². The molecule has 4 nitrogen and oxygen atoms in total. The fraction of sp³-hybridized carbons (Fsp3) is 0.529. The molecule has 4 heteroatoms. The number of hydrogen-bond acceptors (Lipinski definition) is 3. The van der Waals surface area contributed by atoms with E-state index in [0.29, 0.717) is 0 Å². The van der Waals surface area contributed by atoms with E-state index in [1.807, 2.05) is 23.2 Å². The van der Waals surface area contributed by atoms with Crippen LogP contribution >= 0.6 is 0 Å². The van der Waals surface area contributed by atoms with Crippen molar-refractivity contribution in [3.63, 3.8) is 0 Å². The van der Waals surface area contributed by atoms with Crippen molar-refractivity contribution in [1.82, 2.24) is 14.8 Å². The molecule has 1 aliphatic heterocycles. The number of allylic oxidation sites excluding steroid dienone is 1. The van der Waals surface area contributed by atoms with E-state index in [2.05, 4.69) is 36.7 Å². The summed E-state index contributed by atoms with van der Waals surface area (Å²) in [6, 6.07) is 4.06. The maximum absolute atomic E-state index is 12.1. The fourth-order valence-corrected chi connectivity index (χ4v) is 2.30. The maximum Gasteiger partial charge on any atom is 0.246 e. The normalized spacial score (nSPS) is 17.4. The SMILES string of the molecule is CC(C)(C)C=CC(=O)N1CCN(Cc2cccnc2)CC1. The van der Waals surface area contributed by atoms with Crippen LogP contribution in [0.3, 0.4) is 0 Å². The lowest BCUT2D eigenvalue weighted by atomic mass is 9.96. The molecule has 21 heavy (non-hydrogen) atoms. The van der Waals surface area contributed by atoms with E-state index >= 15 is 0 Å². The van der Waals surface area contributed by atoms with Gasteiger partial charge in [-0.2, -0.15) is 0 Å². The van der Waals surface area contributed by atoms with Gasteiger partial charge in [0, 0.05) is 45.1 Å². The van der Waals surface area contributed by atoms with Crippen LogP contribution in [-0.2, 0) is 11.3 Å². The number of hydrogen-bond donors (Lipinski definition) is 0. The third kappa shape index (κ3) is 5.31. The molecule has 0 aliphatic carbocycles. The summed E-state index contributed by atoms with van der Waals surface area (Å²) in [5.74, 6) is 0.131. The standard InChI is InChI=1S/C17H25N3O/c1-17(2,3)7-6-16(21)20-11-9-19(10-12-20)14-15-5-4-8-18-13-15/h4-8,13H,9-12,14H2,1-3H3. The number of pyridine rings is 1. The zero-order chi connectivity index (χ0) is 15.3. The first kappa shape index (κ1) is 15.7. The first-order valence-electron chi connectivity index (χ1n) is 7.53. The van der Waals surface area contributed by atoms with Gasteiger partial charge >= 0.3 is 0 Å². The summed E-state index contributed by atoms with van der Waals surface area (Å²) in [5, 5.41) is 0. The van der Waals surface area contributed by atoms with E-state index in [9.17, 15) is 4.79 Å². The van der Waals surface area contributed by atoms with E-state index in [-0.39, 0.29) is 11.3 Å². The molecule has 2 heterocycles. The minimum atomic E-state index is 0.0534. The molecule has 0 radical (unpaired) electrons. The van der Waals surface area contributed by atoms with Gasteiger partial charge in [-0.05, 0) is 23.1 Å². The van der Waals surface area contributed by atoms with Crippen LogP contribution in [0.5, 0.6) is 0 Å². The van der Waals surface area contributed by atoms with Crippen molar-refractivity contribution in [1.29, 1.82) is 0 Å². The Bertz CT molecular complexity index is 483. The molecular formula is C17H25N3O. The van der Waals surface area contributed by atoms with Crippen LogP contribution in [0.25, 0.3) is 0 Å². The van der Waals surface area contributed by atoms with Gasteiger partial charge in [0.15, 0.2) is 0 Å². The van der Waals surface area contributed by atoms with Gasteiger partial charge in [0.25, 0.3) is 0 Å². The van der Waals surface area contributed by atoms with E-state index < -0.39 is 0 Å². The lowest BCUT2D eigenvalue weighted by Gasteiger charge is -2.34. The van der Waals surface area contributed by atoms with E-state index in [4.69, 9.17) is 0 Å². The van der Waals surface area contributed by atoms with Gasteiger partial charge in [0.2, 0.25) is 5.91 Å². The molecule has 0 N–H and O–H groups in total. The number of carbonyl (C=O) groups is 1. The molecule has 114 valence electrons. The lowest BCUT2D eigenvalue weighted by molar-refractivity contribution is -0.127. The average molecular weight is 287 g/mol. The number of aromatic nitrogens is 1. The Kier molecular flexibility index (Phi) is 5.12. The zero-order valence-corrected chi connectivity index (χ0v) is 13.2. The van der Waals surface area contributed by atoms with Gasteiger partial charge < -0.3 is 4.90 Å². The Morgan fingerprint density at radius 3 is 2.57 bits per heavy atom. The highest BCUT2D eigenvalue weighted by Crippen LogP contribution is 2.15. The van der Waals surface area contributed by atoms with Crippen LogP contribution in [0.1, 0.15) is 26.3 Å². The summed E-state index contributed by atoms with van der Waals surface area (Å²) in [7, 11) is 0. The highest BCUT2D eigenvalue weighted by molar-refractivity contribution is 5.87. The number of rotatable bonds is 3. The number of piperazine rings is 1.